The van der Waals surface area contributed by atoms with Crippen LogP contribution < -0.4 is 0 Å². The maximum Gasteiger partial charge on any atom is 0.191 e. The zero-order chi connectivity index (χ0) is 16.4. The minimum Gasteiger partial charge on any atom is -0.262 e. The minimum absolute atomic E-state index is 0.185. The maximum absolute atomic E-state index is 12.6. The van der Waals surface area contributed by atoms with Crippen LogP contribution >= 0.6 is 22.9 Å². The number of halogens is 1. The summed E-state index contributed by atoms with van der Waals surface area (Å²) in [6.45, 7) is 1.66. The van der Waals surface area contributed by atoms with Crippen molar-refractivity contribution in [3.8, 4) is 10.7 Å². The third-order valence-electron chi connectivity index (χ3n) is 3.49. The second-order valence-corrected chi connectivity index (χ2v) is 8.79. The van der Waals surface area contributed by atoms with E-state index < -0.39 is 15.1 Å². The van der Waals surface area contributed by atoms with Crippen molar-refractivity contribution >= 4 is 32.8 Å². The van der Waals surface area contributed by atoms with E-state index in [1.165, 1.54) is 11.3 Å². The Kier molecular flexibility index (Phi) is 4.52. The Bertz CT molecular complexity index is 887. The lowest BCUT2D eigenvalue weighted by molar-refractivity contribution is 0.584. The molecule has 23 heavy (non-hydrogen) atoms. The van der Waals surface area contributed by atoms with E-state index in [9.17, 15) is 8.42 Å². The molecule has 0 saturated carbocycles. The van der Waals surface area contributed by atoms with Gasteiger partial charge in [0.1, 0.15) is 11.6 Å². The fourth-order valence-electron chi connectivity index (χ4n) is 2.13. The number of thiophene rings is 1. The Morgan fingerprint density at radius 2 is 2.00 bits per heavy atom. The smallest absolute Gasteiger partial charge is 0.191 e. The van der Waals surface area contributed by atoms with E-state index in [0.717, 1.165) is 4.88 Å². The highest BCUT2D eigenvalue weighted by atomic mass is 35.5. The number of H-pyrrole nitrogens is 1. The van der Waals surface area contributed by atoms with Crippen LogP contribution in [0.2, 0.25) is 5.02 Å². The van der Waals surface area contributed by atoms with Crippen LogP contribution in [0.3, 0.4) is 0 Å². The summed E-state index contributed by atoms with van der Waals surface area (Å²) in [4.78, 5) is 5.17. The molecule has 0 bridgehead atoms. The third kappa shape index (κ3) is 3.63. The average molecular weight is 368 g/mol. The van der Waals surface area contributed by atoms with Gasteiger partial charge in [0.25, 0.3) is 0 Å². The van der Waals surface area contributed by atoms with Crippen molar-refractivity contribution in [3.63, 3.8) is 0 Å². The molecule has 1 aromatic carbocycles. The van der Waals surface area contributed by atoms with Gasteiger partial charge in [-0.3, -0.25) is 5.10 Å². The number of sulfone groups is 1. The lowest BCUT2D eigenvalue weighted by Gasteiger charge is -2.12. The number of nitrogens with one attached hydrogen (secondary N) is 1. The monoisotopic (exact) mass is 367 g/mol. The van der Waals surface area contributed by atoms with Gasteiger partial charge in [0.2, 0.25) is 0 Å². The summed E-state index contributed by atoms with van der Waals surface area (Å²) in [6.07, 6.45) is 0. The van der Waals surface area contributed by atoms with Crippen LogP contribution in [-0.2, 0) is 15.6 Å². The minimum atomic E-state index is -3.41. The first-order valence-electron chi connectivity index (χ1n) is 6.88. The molecule has 3 aromatic rings. The van der Waals surface area contributed by atoms with Gasteiger partial charge in [-0.2, -0.15) is 5.10 Å². The van der Waals surface area contributed by atoms with E-state index in [1.54, 1.807) is 31.2 Å². The molecule has 1 atom stereocenters. The van der Waals surface area contributed by atoms with E-state index >= 15 is 0 Å². The van der Waals surface area contributed by atoms with Crippen LogP contribution in [-0.4, -0.2) is 23.6 Å². The van der Waals surface area contributed by atoms with E-state index in [0.29, 0.717) is 22.2 Å². The summed E-state index contributed by atoms with van der Waals surface area (Å²) < 4.78 is 25.1. The van der Waals surface area contributed by atoms with Crippen molar-refractivity contribution in [1.82, 2.24) is 15.2 Å². The fraction of sp³-hybridized carbons (Fsp3) is 0.200. The molecule has 0 aliphatic rings. The van der Waals surface area contributed by atoms with Gasteiger partial charge in [-0.1, -0.05) is 29.8 Å². The molecule has 1 N–H and O–H groups in total. The molecule has 3 rings (SSSR count). The molecule has 120 valence electrons. The van der Waals surface area contributed by atoms with Crippen LogP contribution in [0.5, 0.6) is 0 Å². The van der Waals surface area contributed by atoms with Crippen molar-refractivity contribution in [2.24, 2.45) is 0 Å². The molecular weight excluding hydrogens is 354 g/mol. The van der Waals surface area contributed by atoms with Crippen LogP contribution in [0.25, 0.3) is 10.7 Å². The molecule has 1 unspecified atom stereocenters. The molecule has 8 heteroatoms. The lowest BCUT2D eigenvalue weighted by atomic mass is 10.2. The van der Waals surface area contributed by atoms with Gasteiger partial charge in [0.05, 0.1) is 10.1 Å². The molecule has 0 radical (unpaired) electrons. The van der Waals surface area contributed by atoms with Gasteiger partial charge in [0.15, 0.2) is 15.7 Å². The van der Waals surface area contributed by atoms with Crippen molar-refractivity contribution in [3.05, 3.63) is 58.2 Å². The predicted octanol–water partition coefficient (Wildman–Crippen LogP) is 3.86. The number of hydrogen-bond acceptors (Lipinski definition) is 5. The first-order valence-corrected chi connectivity index (χ1v) is 9.85. The van der Waals surface area contributed by atoms with Crippen molar-refractivity contribution in [2.45, 2.75) is 17.9 Å². The van der Waals surface area contributed by atoms with E-state index in [1.807, 2.05) is 17.5 Å². The SMILES string of the molecule is CC(c1ccc(Cl)cc1)S(=O)(=O)Cc1nc(-c2cccs2)n[nH]1. The Labute approximate surface area is 143 Å². The normalized spacial score (nSPS) is 13.1. The first kappa shape index (κ1) is 16.2. The van der Waals surface area contributed by atoms with Crippen LogP contribution in [0.15, 0.2) is 41.8 Å². The van der Waals surface area contributed by atoms with Crippen LogP contribution in [0.1, 0.15) is 23.6 Å². The second kappa shape index (κ2) is 6.43. The van der Waals surface area contributed by atoms with Crippen LogP contribution in [0.4, 0.5) is 0 Å². The van der Waals surface area contributed by atoms with Gasteiger partial charge in [-0.15, -0.1) is 11.3 Å². The van der Waals surface area contributed by atoms with Gasteiger partial charge in [-0.05, 0) is 36.1 Å². The van der Waals surface area contributed by atoms with E-state index in [4.69, 9.17) is 11.6 Å². The topological polar surface area (TPSA) is 75.7 Å². The standard InChI is InChI=1S/C15H14ClN3O2S2/c1-10(11-4-6-12(16)7-5-11)23(20,21)9-14-17-15(19-18-14)13-3-2-8-22-13/h2-8,10H,9H2,1H3,(H,17,18,19). The van der Waals surface area contributed by atoms with Crippen molar-refractivity contribution < 1.29 is 8.42 Å². The first-order chi connectivity index (χ1) is 11.0. The summed E-state index contributed by atoms with van der Waals surface area (Å²) in [7, 11) is -3.41. The maximum atomic E-state index is 12.6. The fourth-order valence-corrected chi connectivity index (χ4v) is 4.25. The Morgan fingerprint density at radius 3 is 2.65 bits per heavy atom. The van der Waals surface area contributed by atoms with Crippen LogP contribution in [0, 0.1) is 0 Å². The van der Waals surface area contributed by atoms with Gasteiger partial charge < -0.3 is 0 Å². The molecule has 0 spiro atoms. The average Bonchev–Trinajstić information content (AvgIpc) is 3.18. The third-order valence-corrected chi connectivity index (χ3v) is 6.63. The Morgan fingerprint density at radius 1 is 1.26 bits per heavy atom. The summed E-state index contributed by atoms with van der Waals surface area (Å²) in [5.41, 5.74) is 0.701. The number of hydrogen-bond donors (Lipinski definition) is 1. The summed E-state index contributed by atoms with van der Waals surface area (Å²) in [6, 6.07) is 10.6. The summed E-state index contributed by atoms with van der Waals surface area (Å²) in [5.74, 6) is 0.674. The zero-order valence-electron chi connectivity index (χ0n) is 12.2. The molecular formula is C15H14ClN3O2S2. The summed E-state index contributed by atoms with van der Waals surface area (Å²) >= 11 is 7.35. The predicted molar refractivity (Wildman–Crippen MR) is 92.2 cm³/mol. The van der Waals surface area contributed by atoms with Gasteiger partial charge in [0, 0.05) is 5.02 Å². The van der Waals surface area contributed by atoms with Gasteiger partial charge >= 0.3 is 0 Å². The summed E-state index contributed by atoms with van der Waals surface area (Å²) in [5, 5.41) is 8.65. The second-order valence-electron chi connectivity index (χ2n) is 5.08. The molecule has 0 amide bonds. The quantitative estimate of drug-likeness (QED) is 0.742. The number of aromatic nitrogens is 3. The van der Waals surface area contributed by atoms with E-state index in [-0.39, 0.29) is 5.75 Å². The highest BCUT2D eigenvalue weighted by Crippen LogP contribution is 2.26. The van der Waals surface area contributed by atoms with Gasteiger partial charge in [-0.25, -0.2) is 13.4 Å². The number of rotatable bonds is 5. The number of nitrogens with zero attached hydrogens (tertiary/aromatic N) is 2. The zero-order valence-corrected chi connectivity index (χ0v) is 14.6. The molecule has 5 nitrogen and oxygen atoms in total. The Balaban J connectivity index is 1.79. The molecule has 0 aliphatic carbocycles. The Hall–Kier alpha value is -1.70. The number of benzene rings is 1. The number of aromatic amines is 1. The van der Waals surface area contributed by atoms with E-state index in [2.05, 4.69) is 15.2 Å². The highest BCUT2D eigenvalue weighted by Gasteiger charge is 2.25. The molecule has 0 fully saturated rings. The highest BCUT2D eigenvalue weighted by molar-refractivity contribution is 7.90. The van der Waals surface area contributed by atoms with Crippen molar-refractivity contribution in [2.75, 3.05) is 0 Å². The lowest BCUT2D eigenvalue weighted by Crippen LogP contribution is -2.13. The molecule has 2 heterocycles. The largest absolute Gasteiger partial charge is 0.262 e. The van der Waals surface area contributed by atoms with Crippen molar-refractivity contribution in [1.29, 1.82) is 0 Å². The molecule has 0 aliphatic heterocycles. The molecule has 0 saturated heterocycles. The molecule has 2 aromatic heterocycles.